The molecule has 1 aliphatic rings. The minimum absolute atomic E-state index is 0.411. The van der Waals surface area contributed by atoms with Crippen LogP contribution in [0.25, 0.3) is 10.8 Å². The zero-order valence-corrected chi connectivity index (χ0v) is 13.9. The number of Topliss-reactive ketones (excluding diaryl/α,β-unsaturated/α-hetero) is 2. The van der Waals surface area contributed by atoms with Crippen LogP contribution in [0.1, 0.15) is 20.7 Å². The number of benzene rings is 2. The zero-order chi connectivity index (χ0) is 16.9. The third-order valence-corrected chi connectivity index (χ3v) is 4.08. The Morgan fingerprint density at radius 2 is 1.00 bits per heavy atom. The van der Waals surface area contributed by atoms with Gasteiger partial charge < -0.3 is 0 Å². The average molecular weight is 428 g/mol. The molecule has 0 saturated heterocycles. The van der Waals surface area contributed by atoms with Crippen molar-refractivity contribution in [1.82, 2.24) is 9.82 Å². The first-order valence-electron chi connectivity index (χ1n) is 5.50. The van der Waals surface area contributed by atoms with Crippen molar-refractivity contribution < 1.29 is 9.59 Å². The number of ketones is 2. The number of hydrogen-bond donors (Lipinski definition) is 4. The number of hydrogen-bond acceptors (Lipinski definition) is 6. The van der Waals surface area contributed by atoms with E-state index in [1.54, 1.807) is 24.3 Å². The number of halogens is 2. The lowest BCUT2D eigenvalue weighted by Crippen LogP contribution is -2.05. The standard InChI is InChI=1S/C12H4Br2O2.2H2N3/c13-7-3-1-5-9-6(12(16)11(5)15)2-4-8(14)10(7)9;2*1-3-2/h1-4H;2*1-2H/q;2*+1. The highest BCUT2D eigenvalue weighted by atomic mass is 79.9. The number of carbonyl (C=O) groups excluding carboxylic acids is 2. The molecule has 0 fully saturated rings. The second kappa shape index (κ2) is 7.58. The monoisotopic (exact) mass is 426 g/mol. The van der Waals surface area contributed by atoms with Crippen LogP contribution in [0.3, 0.4) is 0 Å². The van der Waals surface area contributed by atoms with Gasteiger partial charge in [0.15, 0.2) is 0 Å². The summed E-state index contributed by atoms with van der Waals surface area (Å²) in [5.41, 5.74) is 23.0. The minimum Gasteiger partial charge on any atom is -0.285 e. The Bertz CT molecular complexity index is 786. The molecule has 8 nitrogen and oxygen atoms in total. The van der Waals surface area contributed by atoms with Crippen molar-refractivity contribution >= 4 is 54.2 Å². The summed E-state index contributed by atoms with van der Waals surface area (Å²) >= 11 is 6.86. The number of carbonyl (C=O) groups is 2. The molecule has 2 aromatic carbocycles. The molecule has 0 saturated carbocycles. The molecule has 0 spiro atoms. The molecule has 0 aromatic heterocycles. The molecule has 3 rings (SSSR count). The first-order valence-corrected chi connectivity index (χ1v) is 7.09. The average Bonchev–Trinajstić information content (AvgIpc) is 2.71. The number of rotatable bonds is 0. The van der Waals surface area contributed by atoms with Crippen LogP contribution in [0.4, 0.5) is 0 Å². The quantitative estimate of drug-likeness (QED) is 0.285. The highest BCUT2D eigenvalue weighted by Crippen LogP contribution is 2.39. The van der Waals surface area contributed by atoms with Crippen LogP contribution in [0.15, 0.2) is 33.2 Å². The van der Waals surface area contributed by atoms with Crippen LogP contribution in [-0.4, -0.2) is 11.6 Å². The predicted octanol–water partition coefficient (Wildman–Crippen LogP) is 3.97. The number of nitrogens with zero attached hydrogens (tertiary/aromatic N) is 2. The fourth-order valence-electron chi connectivity index (χ4n) is 2.04. The maximum atomic E-state index is 11.7. The van der Waals surface area contributed by atoms with Gasteiger partial charge in [0.05, 0.1) is 0 Å². The highest BCUT2D eigenvalue weighted by molar-refractivity contribution is 9.11. The van der Waals surface area contributed by atoms with E-state index in [0.717, 1.165) is 19.7 Å². The molecule has 0 amide bonds. The van der Waals surface area contributed by atoms with Gasteiger partial charge in [-0.05, 0) is 24.3 Å². The van der Waals surface area contributed by atoms with Crippen LogP contribution >= 0.6 is 31.9 Å². The lowest BCUT2D eigenvalue weighted by Gasteiger charge is -2.04. The van der Waals surface area contributed by atoms with Gasteiger partial charge in [0.2, 0.25) is 21.4 Å². The number of nitrogens with one attached hydrogen (secondary N) is 4. The molecule has 2 aromatic rings. The fraction of sp³-hybridized carbons (Fsp3) is 0. The van der Waals surface area contributed by atoms with Crippen molar-refractivity contribution in [3.05, 3.63) is 44.3 Å². The summed E-state index contributed by atoms with van der Waals surface area (Å²) in [6.07, 6.45) is 0. The molecule has 0 atom stereocenters. The summed E-state index contributed by atoms with van der Waals surface area (Å²) < 4.78 is 1.75. The Labute approximate surface area is 140 Å². The summed E-state index contributed by atoms with van der Waals surface area (Å²) in [5.74, 6) is -0.823. The summed E-state index contributed by atoms with van der Waals surface area (Å²) in [4.78, 5) is 27.4. The molecular weight excluding hydrogens is 420 g/mol. The first-order chi connectivity index (χ1) is 10.4. The molecule has 1 aliphatic carbocycles. The second-order valence-corrected chi connectivity index (χ2v) is 5.53. The van der Waals surface area contributed by atoms with Gasteiger partial charge in [0.25, 0.3) is 0 Å². The van der Waals surface area contributed by atoms with Crippen molar-refractivity contribution in [2.24, 2.45) is 0 Å². The lowest BCUT2D eigenvalue weighted by atomic mass is 10.1. The smallest absolute Gasteiger partial charge is 0.234 e. The fourth-order valence-corrected chi connectivity index (χ4v) is 3.39. The van der Waals surface area contributed by atoms with E-state index < -0.39 is 11.6 Å². The molecular formula is C12H8Br2N6O2+2. The van der Waals surface area contributed by atoms with Crippen LogP contribution in [0.5, 0.6) is 0 Å². The Kier molecular flexibility index (Phi) is 6.09. The molecule has 0 radical (unpaired) electrons. The van der Waals surface area contributed by atoms with E-state index in [9.17, 15) is 9.59 Å². The van der Waals surface area contributed by atoms with E-state index in [0.29, 0.717) is 11.1 Å². The van der Waals surface area contributed by atoms with E-state index in [4.69, 9.17) is 22.1 Å². The van der Waals surface area contributed by atoms with Gasteiger partial charge in [0.1, 0.15) is 22.1 Å². The van der Waals surface area contributed by atoms with Crippen molar-refractivity contribution in [2.75, 3.05) is 0 Å². The molecule has 4 N–H and O–H groups in total. The zero-order valence-electron chi connectivity index (χ0n) is 10.8. The Morgan fingerprint density at radius 3 is 1.32 bits per heavy atom. The van der Waals surface area contributed by atoms with Crippen molar-refractivity contribution in [3.63, 3.8) is 0 Å². The first kappa shape index (κ1) is 17.7. The van der Waals surface area contributed by atoms with E-state index in [1.165, 1.54) is 0 Å². The summed E-state index contributed by atoms with van der Waals surface area (Å²) in [6, 6.07) is 6.97. The van der Waals surface area contributed by atoms with Crippen molar-refractivity contribution in [3.8, 4) is 0 Å². The summed E-state index contributed by atoms with van der Waals surface area (Å²) in [7, 11) is 0. The van der Waals surface area contributed by atoms with Gasteiger partial charge in [-0.15, -0.1) is 0 Å². The molecule has 110 valence electrons. The second-order valence-electron chi connectivity index (χ2n) is 3.82. The van der Waals surface area contributed by atoms with Crippen molar-refractivity contribution in [1.29, 1.82) is 22.1 Å². The maximum absolute atomic E-state index is 11.7. The topological polar surface area (TPSA) is 158 Å². The van der Waals surface area contributed by atoms with E-state index in [-0.39, 0.29) is 0 Å². The van der Waals surface area contributed by atoms with Crippen LogP contribution < -0.4 is 9.82 Å². The van der Waals surface area contributed by atoms with E-state index in [1.807, 2.05) is 9.82 Å². The van der Waals surface area contributed by atoms with Gasteiger partial charge in [-0.1, -0.05) is 31.9 Å². The van der Waals surface area contributed by atoms with Gasteiger partial charge in [-0.3, -0.25) is 9.59 Å². The third kappa shape index (κ3) is 3.10. The van der Waals surface area contributed by atoms with Gasteiger partial charge in [-0.25, -0.2) is 0 Å². The van der Waals surface area contributed by atoms with E-state index >= 15 is 0 Å². The Hall–Kier alpha value is -2.38. The maximum Gasteiger partial charge on any atom is 0.234 e. The highest BCUT2D eigenvalue weighted by Gasteiger charge is 2.31. The summed E-state index contributed by atoms with van der Waals surface area (Å²) in [6.45, 7) is 0. The lowest BCUT2D eigenvalue weighted by molar-refractivity contribution is 0.0825. The van der Waals surface area contributed by atoms with Gasteiger partial charge in [-0.2, -0.15) is 0 Å². The summed E-state index contributed by atoms with van der Waals surface area (Å²) in [5, 5.41) is 1.63. The van der Waals surface area contributed by atoms with Crippen LogP contribution in [0.2, 0.25) is 0 Å². The Morgan fingerprint density at radius 1 is 0.682 bits per heavy atom. The normalized spacial score (nSPS) is 10.8. The van der Waals surface area contributed by atoms with Crippen molar-refractivity contribution in [2.45, 2.75) is 0 Å². The van der Waals surface area contributed by atoms with Gasteiger partial charge in [0, 0.05) is 30.8 Å². The molecule has 0 bridgehead atoms. The SMILES string of the molecule is N=[N+]=N.N=[N+]=N.O=C1C(=O)c2ccc(Br)c3c(Br)ccc1c23. The largest absolute Gasteiger partial charge is 0.285 e. The molecule has 0 heterocycles. The minimum atomic E-state index is -0.411. The van der Waals surface area contributed by atoms with Crippen LogP contribution in [-0.2, 0) is 0 Å². The van der Waals surface area contributed by atoms with Crippen LogP contribution in [0, 0.1) is 22.1 Å². The predicted molar refractivity (Wildman–Crippen MR) is 83.2 cm³/mol. The molecule has 22 heavy (non-hydrogen) atoms. The molecule has 0 unspecified atom stereocenters. The Balaban J connectivity index is 0.000000353. The molecule has 10 heteroatoms. The molecule has 0 aliphatic heterocycles. The third-order valence-electron chi connectivity index (χ3n) is 2.75. The van der Waals surface area contributed by atoms with E-state index in [2.05, 4.69) is 31.9 Å². The van der Waals surface area contributed by atoms with Gasteiger partial charge >= 0.3 is 0 Å².